The number of nitrogens with one attached hydrogen (secondary N) is 1. The van der Waals surface area contributed by atoms with Crippen molar-refractivity contribution in [1.82, 2.24) is 10.3 Å². The van der Waals surface area contributed by atoms with Crippen LogP contribution in [0.5, 0.6) is 5.75 Å². The summed E-state index contributed by atoms with van der Waals surface area (Å²) in [4.78, 5) is 30.3. The van der Waals surface area contributed by atoms with E-state index in [1.54, 1.807) is 43.8 Å². The Balaban J connectivity index is 2.35. The number of dihydropyridines is 1. The maximum absolute atomic E-state index is 13.1. The van der Waals surface area contributed by atoms with Crippen molar-refractivity contribution in [3.05, 3.63) is 62.8 Å². The zero-order valence-corrected chi connectivity index (χ0v) is 17.5. The average molecular weight is 424 g/mol. The molecule has 0 fully saturated rings. The standard InChI is InChI=1S/C21H20N4O4S/c1-4-29-21(27)18-17(13-6-5-12(8-22)7-14(13)28-3)16(20(23)26)11(2)25-19(18)15-9-24-10-30-15/h5-7,9-10,17,25H,4H2,1-3H3,(H2,23,26). The second kappa shape index (κ2) is 8.80. The van der Waals surface area contributed by atoms with Crippen molar-refractivity contribution in [3.8, 4) is 11.8 Å². The van der Waals surface area contributed by atoms with Gasteiger partial charge >= 0.3 is 5.97 Å². The third-order valence-electron chi connectivity index (χ3n) is 4.68. The molecule has 2 heterocycles. The Hall–Kier alpha value is -3.64. The number of amides is 1. The minimum atomic E-state index is -0.845. The molecule has 0 radical (unpaired) electrons. The van der Waals surface area contributed by atoms with Crippen molar-refractivity contribution in [2.24, 2.45) is 5.73 Å². The van der Waals surface area contributed by atoms with Crippen molar-refractivity contribution in [1.29, 1.82) is 5.26 Å². The fraction of sp³-hybridized carbons (Fsp3) is 0.238. The van der Waals surface area contributed by atoms with Gasteiger partial charge in [-0.25, -0.2) is 4.79 Å². The normalized spacial score (nSPS) is 16.0. The van der Waals surface area contributed by atoms with Crippen LogP contribution in [0.4, 0.5) is 0 Å². The summed E-state index contributed by atoms with van der Waals surface area (Å²) in [6.45, 7) is 3.57. The number of carbonyl (C=O) groups excluding carboxylic acids is 2. The molecule has 0 saturated heterocycles. The van der Waals surface area contributed by atoms with E-state index in [-0.39, 0.29) is 17.8 Å². The topological polar surface area (TPSA) is 127 Å². The lowest BCUT2D eigenvalue weighted by atomic mass is 9.79. The number of esters is 1. The van der Waals surface area contributed by atoms with Gasteiger partial charge in [-0.3, -0.25) is 9.78 Å². The van der Waals surface area contributed by atoms with Gasteiger partial charge < -0.3 is 20.5 Å². The van der Waals surface area contributed by atoms with Crippen LogP contribution in [-0.2, 0) is 14.3 Å². The van der Waals surface area contributed by atoms with E-state index < -0.39 is 17.8 Å². The van der Waals surface area contributed by atoms with E-state index in [0.29, 0.717) is 33.1 Å². The Kier molecular flexibility index (Phi) is 6.18. The first-order valence-corrected chi connectivity index (χ1v) is 9.96. The number of aromatic nitrogens is 1. The zero-order chi connectivity index (χ0) is 21.8. The quantitative estimate of drug-likeness (QED) is 0.682. The summed E-state index contributed by atoms with van der Waals surface area (Å²) in [6, 6.07) is 6.87. The molecule has 3 N–H and O–H groups in total. The van der Waals surface area contributed by atoms with Crippen molar-refractivity contribution in [2.75, 3.05) is 13.7 Å². The average Bonchev–Trinajstić information content (AvgIpc) is 3.27. The Labute approximate surface area is 177 Å². The number of nitrogens with two attached hydrogens (primary N) is 1. The molecule has 8 nitrogen and oxygen atoms in total. The molecule has 0 aliphatic carbocycles. The van der Waals surface area contributed by atoms with Gasteiger partial charge in [-0.1, -0.05) is 6.07 Å². The maximum Gasteiger partial charge on any atom is 0.337 e. The summed E-state index contributed by atoms with van der Waals surface area (Å²) >= 11 is 1.34. The number of benzene rings is 1. The fourth-order valence-electron chi connectivity index (χ4n) is 3.45. The maximum atomic E-state index is 13.1. The molecule has 1 aromatic heterocycles. The number of primary amides is 1. The van der Waals surface area contributed by atoms with Crippen molar-refractivity contribution < 1.29 is 19.1 Å². The third-order valence-corrected chi connectivity index (χ3v) is 5.47. The summed E-state index contributed by atoms with van der Waals surface area (Å²) in [7, 11) is 1.46. The first kappa shape index (κ1) is 21.1. The van der Waals surface area contributed by atoms with Crippen molar-refractivity contribution in [2.45, 2.75) is 19.8 Å². The highest BCUT2D eigenvalue weighted by molar-refractivity contribution is 7.10. The van der Waals surface area contributed by atoms with Crippen LogP contribution in [0.15, 0.2) is 46.7 Å². The molecule has 1 atom stereocenters. The molecule has 154 valence electrons. The minimum Gasteiger partial charge on any atom is -0.496 e. The number of ether oxygens (including phenoxy) is 2. The highest BCUT2D eigenvalue weighted by Crippen LogP contribution is 2.44. The predicted octanol–water partition coefficient (Wildman–Crippen LogP) is 2.44. The summed E-state index contributed by atoms with van der Waals surface area (Å²) in [6.07, 6.45) is 1.63. The van der Waals surface area contributed by atoms with Crippen LogP contribution < -0.4 is 15.8 Å². The van der Waals surface area contributed by atoms with Gasteiger partial charge in [-0.05, 0) is 26.0 Å². The largest absolute Gasteiger partial charge is 0.496 e. The number of methoxy groups -OCH3 is 1. The molecule has 1 aliphatic rings. The minimum absolute atomic E-state index is 0.157. The van der Waals surface area contributed by atoms with E-state index in [9.17, 15) is 14.9 Å². The van der Waals surface area contributed by atoms with E-state index in [2.05, 4.69) is 16.4 Å². The summed E-state index contributed by atoms with van der Waals surface area (Å²) in [5.74, 6) is -1.75. The molecule has 1 unspecified atom stereocenters. The van der Waals surface area contributed by atoms with Gasteiger partial charge in [-0.2, -0.15) is 5.26 Å². The molecule has 1 amide bonds. The first-order chi connectivity index (χ1) is 14.4. The van der Waals surface area contributed by atoms with E-state index in [4.69, 9.17) is 15.2 Å². The lowest BCUT2D eigenvalue weighted by Gasteiger charge is -2.31. The predicted molar refractivity (Wildman–Crippen MR) is 111 cm³/mol. The van der Waals surface area contributed by atoms with E-state index in [1.807, 2.05) is 0 Å². The molecule has 0 bridgehead atoms. The van der Waals surface area contributed by atoms with Crippen LogP contribution in [0.25, 0.3) is 5.70 Å². The van der Waals surface area contributed by atoms with Gasteiger partial charge in [0.25, 0.3) is 0 Å². The molecule has 0 saturated carbocycles. The molecule has 3 rings (SSSR count). The number of hydrogen-bond donors (Lipinski definition) is 2. The summed E-state index contributed by atoms with van der Waals surface area (Å²) in [5, 5.41) is 12.4. The van der Waals surface area contributed by atoms with Gasteiger partial charge in [0.2, 0.25) is 5.91 Å². The number of thiazole rings is 1. The Morgan fingerprint density at radius 3 is 2.70 bits per heavy atom. The van der Waals surface area contributed by atoms with Crippen LogP contribution in [0.2, 0.25) is 0 Å². The Bertz CT molecular complexity index is 1100. The Morgan fingerprint density at radius 1 is 1.37 bits per heavy atom. The van der Waals surface area contributed by atoms with Gasteiger partial charge in [-0.15, -0.1) is 11.3 Å². The second-order valence-electron chi connectivity index (χ2n) is 6.40. The molecule has 30 heavy (non-hydrogen) atoms. The lowest BCUT2D eigenvalue weighted by molar-refractivity contribution is -0.138. The van der Waals surface area contributed by atoms with Gasteiger partial charge in [0.15, 0.2) is 0 Å². The molecule has 2 aromatic rings. The molecular formula is C21H20N4O4S. The van der Waals surface area contributed by atoms with E-state index >= 15 is 0 Å². The van der Waals surface area contributed by atoms with Crippen molar-refractivity contribution in [3.63, 3.8) is 0 Å². The Morgan fingerprint density at radius 2 is 2.13 bits per heavy atom. The molecular weight excluding hydrogens is 404 g/mol. The molecule has 9 heteroatoms. The first-order valence-electron chi connectivity index (χ1n) is 9.08. The van der Waals surface area contributed by atoms with Crippen molar-refractivity contribution >= 4 is 28.9 Å². The third kappa shape index (κ3) is 3.77. The highest BCUT2D eigenvalue weighted by atomic mass is 32.1. The van der Waals surface area contributed by atoms with Crippen LogP contribution >= 0.6 is 11.3 Å². The van der Waals surface area contributed by atoms with Gasteiger partial charge in [0.1, 0.15) is 5.75 Å². The lowest BCUT2D eigenvalue weighted by Crippen LogP contribution is -2.34. The van der Waals surface area contributed by atoms with E-state index in [1.165, 1.54) is 18.4 Å². The monoisotopic (exact) mass is 424 g/mol. The smallest absolute Gasteiger partial charge is 0.337 e. The molecule has 1 aromatic carbocycles. The fourth-order valence-corrected chi connectivity index (χ4v) is 4.08. The number of nitriles is 1. The van der Waals surface area contributed by atoms with Crippen LogP contribution in [0.1, 0.15) is 35.8 Å². The summed E-state index contributed by atoms with van der Waals surface area (Å²) < 4.78 is 10.8. The number of hydrogen-bond acceptors (Lipinski definition) is 8. The number of carbonyl (C=O) groups is 2. The molecule has 0 spiro atoms. The van der Waals surface area contributed by atoms with E-state index in [0.717, 1.165) is 0 Å². The van der Waals surface area contributed by atoms with Crippen LogP contribution in [-0.4, -0.2) is 30.6 Å². The highest BCUT2D eigenvalue weighted by Gasteiger charge is 2.39. The number of nitrogens with zero attached hydrogens (tertiary/aromatic N) is 2. The van der Waals surface area contributed by atoms with Gasteiger partial charge in [0.05, 0.1) is 52.9 Å². The number of allylic oxidation sites excluding steroid dienone is 1. The van der Waals surface area contributed by atoms with Crippen LogP contribution in [0, 0.1) is 11.3 Å². The molecule has 1 aliphatic heterocycles. The van der Waals surface area contributed by atoms with Crippen LogP contribution in [0.3, 0.4) is 0 Å². The second-order valence-corrected chi connectivity index (χ2v) is 7.29. The summed E-state index contributed by atoms with van der Waals surface area (Å²) in [5.41, 5.74) is 9.72. The number of rotatable bonds is 6. The van der Waals surface area contributed by atoms with Gasteiger partial charge in [0, 0.05) is 23.0 Å². The zero-order valence-electron chi connectivity index (χ0n) is 16.7. The SMILES string of the molecule is CCOC(=O)C1=C(c2cncs2)NC(C)=C(C(N)=O)C1c1ccc(C#N)cc1OC.